The summed E-state index contributed by atoms with van der Waals surface area (Å²) in [5, 5.41) is 0. The van der Waals surface area contributed by atoms with Crippen molar-refractivity contribution in [2.45, 2.75) is 6.92 Å². The number of rotatable bonds is 2. The molecule has 0 fully saturated rings. The van der Waals surface area contributed by atoms with Gasteiger partial charge in [0.05, 0.1) is 0 Å². The lowest BCUT2D eigenvalue weighted by Gasteiger charge is -2.06. The lowest BCUT2D eigenvalue weighted by molar-refractivity contribution is 0.0587. The maximum absolute atomic E-state index is 5.67. The Bertz CT molecular complexity index is 601. The molecule has 0 aliphatic carbocycles. The van der Waals surface area contributed by atoms with Gasteiger partial charge in [-0.05, 0) is 31.2 Å². The van der Waals surface area contributed by atoms with Gasteiger partial charge in [0.25, 0.3) is 0 Å². The Morgan fingerprint density at radius 1 is 0.812 bits per heavy atom. The molecule has 0 atom stereocenters. The van der Waals surface area contributed by atoms with E-state index in [9.17, 15) is 0 Å². The topological polar surface area (TPSA) is 35.5 Å². The van der Waals surface area contributed by atoms with E-state index in [0.29, 0.717) is 5.58 Å². The van der Waals surface area contributed by atoms with Crippen molar-refractivity contribution in [3.05, 3.63) is 48.0 Å². The van der Waals surface area contributed by atoms with Gasteiger partial charge in [0.15, 0.2) is 0 Å². The van der Waals surface area contributed by atoms with E-state index in [4.69, 9.17) is 13.9 Å². The van der Waals surface area contributed by atoms with E-state index in [0.717, 1.165) is 17.1 Å². The molecule has 0 saturated carbocycles. The Kier molecular flexibility index (Phi) is 1.96. The summed E-state index contributed by atoms with van der Waals surface area (Å²) in [4.78, 5) is 0. The largest absolute Gasteiger partial charge is 0.457 e. The second kappa shape index (κ2) is 3.45. The zero-order valence-corrected chi connectivity index (χ0v) is 8.77. The molecule has 1 aromatic heterocycles. The van der Waals surface area contributed by atoms with Crippen molar-refractivity contribution in [1.29, 1.82) is 0 Å². The minimum Gasteiger partial charge on any atom is -0.457 e. The van der Waals surface area contributed by atoms with Gasteiger partial charge in [-0.3, -0.25) is 9.15 Å². The summed E-state index contributed by atoms with van der Waals surface area (Å²) in [6.07, 6.45) is 0. The number of aryl methyl sites for hydroxylation is 1. The fourth-order valence-corrected chi connectivity index (χ4v) is 1.48. The summed E-state index contributed by atoms with van der Waals surface area (Å²) in [7, 11) is 0. The van der Waals surface area contributed by atoms with Crippen LogP contribution >= 0.6 is 0 Å². The van der Waals surface area contributed by atoms with Crippen LogP contribution in [0.15, 0.2) is 51.6 Å². The van der Waals surface area contributed by atoms with E-state index in [1.165, 1.54) is 5.56 Å². The Labute approximate surface area is 92.2 Å². The highest BCUT2D eigenvalue weighted by molar-refractivity contribution is 5.72. The highest BCUT2D eigenvalue weighted by Crippen LogP contribution is 2.27. The molecule has 2 aromatic carbocycles. The fraction of sp³-hybridized carbons (Fsp3) is 0.0769. The van der Waals surface area contributed by atoms with Crippen molar-refractivity contribution in [2.24, 2.45) is 0 Å². The predicted molar refractivity (Wildman–Crippen MR) is 59.7 cm³/mol. The van der Waals surface area contributed by atoms with Crippen molar-refractivity contribution in [3.8, 4) is 11.5 Å². The molecule has 3 aromatic rings. The third kappa shape index (κ3) is 1.56. The quantitative estimate of drug-likeness (QED) is 0.602. The molecule has 3 rings (SSSR count). The number of hydrogen-bond donors (Lipinski definition) is 0. The van der Waals surface area contributed by atoms with Gasteiger partial charge in [-0.15, -0.1) is 0 Å². The number of fused-ring (bicyclic) bond motifs is 1. The molecule has 0 amide bonds. The molecule has 80 valence electrons. The molecular formula is C13H10O3. The summed E-state index contributed by atoms with van der Waals surface area (Å²) < 4.78 is 15.2. The fourth-order valence-electron chi connectivity index (χ4n) is 1.48. The molecule has 3 heteroatoms. The van der Waals surface area contributed by atoms with Crippen LogP contribution in [0.3, 0.4) is 0 Å². The Morgan fingerprint density at radius 3 is 2.12 bits per heavy atom. The summed E-state index contributed by atoms with van der Waals surface area (Å²) in [6, 6.07) is 13.4. The van der Waals surface area contributed by atoms with Crippen LogP contribution in [-0.2, 0) is 0 Å². The van der Waals surface area contributed by atoms with E-state index >= 15 is 0 Å². The Morgan fingerprint density at radius 2 is 1.50 bits per heavy atom. The van der Waals surface area contributed by atoms with Crippen LogP contribution in [-0.4, -0.2) is 0 Å². The third-order valence-corrected chi connectivity index (χ3v) is 2.39. The van der Waals surface area contributed by atoms with E-state index < -0.39 is 0 Å². The Hall–Kier alpha value is -2.16. The van der Waals surface area contributed by atoms with E-state index in [1.807, 2.05) is 43.3 Å². The lowest BCUT2D eigenvalue weighted by Crippen LogP contribution is -1.85. The molecule has 0 aliphatic heterocycles. The molecule has 0 saturated heterocycles. The van der Waals surface area contributed by atoms with Crippen LogP contribution < -0.4 is 4.74 Å². The third-order valence-electron chi connectivity index (χ3n) is 2.39. The van der Waals surface area contributed by atoms with Gasteiger partial charge in [0.2, 0.25) is 11.2 Å². The SMILES string of the molecule is Cc1ccc(Oc2ccc3ooc3c2)cc1. The minimum absolute atomic E-state index is 0.713. The number of hydrogen-bond acceptors (Lipinski definition) is 3. The van der Waals surface area contributed by atoms with Crippen molar-refractivity contribution in [3.63, 3.8) is 0 Å². The van der Waals surface area contributed by atoms with Gasteiger partial charge in [-0.1, -0.05) is 17.7 Å². The summed E-state index contributed by atoms with van der Waals surface area (Å²) in [5.74, 6) is 1.55. The summed E-state index contributed by atoms with van der Waals surface area (Å²) in [6.45, 7) is 2.04. The van der Waals surface area contributed by atoms with Gasteiger partial charge < -0.3 is 4.74 Å². The minimum atomic E-state index is 0.713. The molecular weight excluding hydrogens is 204 g/mol. The summed E-state index contributed by atoms with van der Waals surface area (Å²) >= 11 is 0. The zero-order chi connectivity index (χ0) is 11.0. The molecule has 0 bridgehead atoms. The second-order valence-corrected chi connectivity index (χ2v) is 3.69. The highest BCUT2D eigenvalue weighted by atomic mass is 17.0. The van der Waals surface area contributed by atoms with Crippen LogP contribution in [0, 0.1) is 6.92 Å². The second-order valence-electron chi connectivity index (χ2n) is 3.69. The lowest BCUT2D eigenvalue weighted by atomic mass is 10.2. The molecule has 0 spiro atoms. The van der Waals surface area contributed by atoms with Gasteiger partial charge in [-0.2, -0.15) is 0 Å². The normalized spacial score (nSPS) is 10.8. The van der Waals surface area contributed by atoms with Gasteiger partial charge in [0.1, 0.15) is 11.5 Å². The zero-order valence-electron chi connectivity index (χ0n) is 8.77. The van der Waals surface area contributed by atoms with E-state index in [-0.39, 0.29) is 0 Å². The molecule has 0 aliphatic rings. The highest BCUT2D eigenvalue weighted by Gasteiger charge is 2.06. The van der Waals surface area contributed by atoms with Gasteiger partial charge >= 0.3 is 0 Å². The molecule has 1 heterocycles. The maximum Gasteiger partial charge on any atom is 0.229 e. The van der Waals surface area contributed by atoms with E-state index in [1.54, 1.807) is 6.07 Å². The predicted octanol–water partition coefficient (Wildman–Crippen LogP) is 4.13. The number of ether oxygens (including phenoxy) is 1. The van der Waals surface area contributed by atoms with Crippen molar-refractivity contribution < 1.29 is 13.9 Å². The first kappa shape index (κ1) is 9.09. The standard InChI is InChI=1S/C13H10O3/c1-9-2-4-10(5-3-9)14-11-6-7-12-13(8-11)16-15-12/h2-8H,1H3. The van der Waals surface area contributed by atoms with Crippen molar-refractivity contribution in [1.82, 2.24) is 0 Å². The average Bonchev–Trinajstić information content (AvgIpc) is 2.26. The van der Waals surface area contributed by atoms with Gasteiger partial charge in [0, 0.05) is 6.07 Å². The van der Waals surface area contributed by atoms with Crippen molar-refractivity contribution in [2.75, 3.05) is 0 Å². The molecule has 0 radical (unpaired) electrons. The Balaban J connectivity index is 1.87. The first-order valence-corrected chi connectivity index (χ1v) is 5.04. The van der Waals surface area contributed by atoms with Gasteiger partial charge in [-0.25, -0.2) is 0 Å². The van der Waals surface area contributed by atoms with Crippen LogP contribution in [0.25, 0.3) is 11.2 Å². The van der Waals surface area contributed by atoms with Crippen molar-refractivity contribution >= 4 is 11.2 Å². The van der Waals surface area contributed by atoms with Crippen LogP contribution in [0.1, 0.15) is 5.56 Å². The smallest absolute Gasteiger partial charge is 0.229 e. The first-order valence-electron chi connectivity index (χ1n) is 5.04. The van der Waals surface area contributed by atoms with Crippen LogP contribution in [0.2, 0.25) is 0 Å². The molecule has 16 heavy (non-hydrogen) atoms. The molecule has 0 unspecified atom stereocenters. The average molecular weight is 214 g/mol. The molecule has 0 N–H and O–H groups in total. The van der Waals surface area contributed by atoms with E-state index in [2.05, 4.69) is 0 Å². The van der Waals surface area contributed by atoms with Crippen LogP contribution in [0.4, 0.5) is 0 Å². The monoisotopic (exact) mass is 214 g/mol. The molecule has 3 nitrogen and oxygen atoms in total. The maximum atomic E-state index is 5.67. The van der Waals surface area contributed by atoms with Crippen LogP contribution in [0.5, 0.6) is 11.5 Å². The number of benzene rings is 2. The summed E-state index contributed by atoms with van der Waals surface area (Å²) in [5.41, 5.74) is 2.67. The first-order chi connectivity index (χ1) is 7.81.